The molecule has 1 heterocycles. The second-order valence-corrected chi connectivity index (χ2v) is 4.14. The van der Waals surface area contributed by atoms with E-state index >= 15 is 0 Å². The first-order valence-corrected chi connectivity index (χ1v) is 5.73. The summed E-state index contributed by atoms with van der Waals surface area (Å²) in [6, 6.07) is -2.10. The number of rotatable bonds is 4. The zero-order chi connectivity index (χ0) is 14.4. The molecule has 0 radical (unpaired) electrons. The largest absolute Gasteiger partial charge is 0.480 e. The molecule has 1 fully saturated rings. The number of hydrogen-bond donors (Lipinski definition) is 4. The molecule has 0 aromatic heterocycles. The minimum absolute atomic E-state index is 0.144. The van der Waals surface area contributed by atoms with Gasteiger partial charge in [0, 0.05) is 13.1 Å². The van der Waals surface area contributed by atoms with Crippen LogP contribution in [-0.2, 0) is 14.4 Å². The number of nitrogens with two attached hydrogens (primary N) is 1. The second-order valence-electron chi connectivity index (χ2n) is 4.14. The Morgan fingerprint density at radius 3 is 2.74 bits per heavy atom. The summed E-state index contributed by atoms with van der Waals surface area (Å²) in [6.07, 6.45) is 0.0772. The molecule has 5 N–H and O–H groups in total. The fourth-order valence-corrected chi connectivity index (χ4v) is 1.62. The molecule has 0 spiro atoms. The highest BCUT2D eigenvalue weighted by atomic mass is 16.4. The average molecular weight is 272 g/mol. The molecule has 19 heavy (non-hydrogen) atoms. The van der Waals surface area contributed by atoms with Crippen LogP contribution in [0, 0.1) is 0 Å². The monoisotopic (exact) mass is 272 g/mol. The normalized spacial score (nSPS) is 17.1. The Labute approximate surface area is 109 Å². The second kappa shape index (κ2) is 6.57. The summed E-state index contributed by atoms with van der Waals surface area (Å²) >= 11 is 0. The number of nitrogens with one attached hydrogen (secondary N) is 2. The van der Waals surface area contributed by atoms with E-state index in [0.29, 0.717) is 19.5 Å². The van der Waals surface area contributed by atoms with E-state index in [1.807, 2.05) is 0 Å². The molecule has 0 aromatic carbocycles. The van der Waals surface area contributed by atoms with Crippen molar-refractivity contribution in [2.75, 3.05) is 19.6 Å². The first-order valence-electron chi connectivity index (χ1n) is 5.73. The predicted octanol–water partition coefficient (Wildman–Crippen LogP) is -2.15. The Kier molecular flexibility index (Phi) is 5.10. The van der Waals surface area contributed by atoms with Gasteiger partial charge in [-0.05, 0) is 6.42 Å². The summed E-state index contributed by atoms with van der Waals surface area (Å²) in [5.74, 6) is -2.50. The van der Waals surface area contributed by atoms with Crippen LogP contribution in [0.25, 0.3) is 0 Å². The van der Waals surface area contributed by atoms with E-state index in [2.05, 4.69) is 10.6 Å². The summed E-state index contributed by atoms with van der Waals surface area (Å²) in [6.45, 7) is 0.647. The zero-order valence-corrected chi connectivity index (χ0v) is 10.2. The van der Waals surface area contributed by atoms with Crippen LogP contribution in [-0.4, -0.2) is 59.5 Å². The van der Waals surface area contributed by atoms with Crippen molar-refractivity contribution in [2.45, 2.75) is 18.9 Å². The molecule has 106 valence electrons. The third-order valence-corrected chi connectivity index (χ3v) is 2.55. The molecule has 0 saturated carbocycles. The molecule has 0 bridgehead atoms. The van der Waals surface area contributed by atoms with Crippen molar-refractivity contribution in [1.82, 2.24) is 15.5 Å². The molecule has 1 saturated heterocycles. The van der Waals surface area contributed by atoms with Crippen molar-refractivity contribution < 1.29 is 24.3 Å². The van der Waals surface area contributed by atoms with Crippen LogP contribution in [0.1, 0.15) is 12.8 Å². The number of hydrogen-bond acceptors (Lipinski definition) is 4. The highest BCUT2D eigenvalue weighted by molar-refractivity contribution is 5.89. The SMILES string of the molecule is NC(=O)C[C@H](NC(=O)N1CCCNC(=O)C1)C(=O)O. The van der Waals surface area contributed by atoms with Gasteiger partial charge < -0.3 is 26.4 Å². The quantitative estimate of drug-likeness (QED) is 0.461. The Morgan fingerprint density at radius 2 is 2.16 bits per heavy atom. The highest BCUT2D eigenvalue weighted by Gasteiger charge is 2.26. The standard InChI is InChI=1S/C10H16N4O5/c11-7(15)4-6(9(17)18)13-10(19)14-3-1-2-12-8(16)5-14/h6H,1-5H2,(H2,11,15)(H,12,16)(H,13,19)(H,17,18)/t6-/m0/s1. The van der Waals surface area contributed by atoms with Gasteiger partial charge in [-0.15, -0.1) is 0 Å². The van der Waals surface area contributed by atoms with Crippen molar-refractivity contribution in [2.24, 2.45) is 5.73 Å². The Morgan fingerprint density at radius 1 is 1.47 bits per heavy atom. The van der Waals surface area contributed by atoms with Crippen LogP contribution in [0.5, 0.6) is 0 Å². The van der Waals surface area contributed by atoms with Crippen molar-refractivity contribution in [3.8, 4) is 0 Å². The van der Waals surface area contributed by atoms with Crippen molar-refractivity contribution in [3.63, 3.8) is 0 Å². The lowest BCUT2D eigenvalue weighted by atomic mass is 10.2. The number of carbonyl (C=O) groups is 4. The highest BCUT2D eigenvalue weighted by Crippen LogP contribution is 2.00. The molecular formula is C10H16N4O5. The van der Waals surface area contributed by atoms with Crippen molar-refractivity contribution in [1.29, 1.82) is 0 Å². The maximum Gasteiger partial charge on any atom is 0.326 e. The number of urea groups is 1. The maximum atomic E-state index is 11.8. The summed E-state index contributed by atoms with van der Waals surface area (Å²) < 4.78 is 0. The average Bonchev–Trinajstić information content (AvgIpc) is 2.52. The molecule has 9 heteroatoms. The summed E-state index contributed by atoms with van der Waals surface area (Å²) in [5.41, 5.74) is 4.90. The van der Waals surface area contributed by atoms with E-state index in [4.69, 9.17) is 10.8 Å². The molecule has 9 nitrogen and oxygen atoms in total. The minimum atomic E-state index is -1.39. The number of primary amides is 1. The van der Waals surface area contributed by atoms with Gasteiger partial charge in [0.25, 0.3) is 0 Å². The van der Waals surface area contributed by atoms with Gasteiger partial charge in [0.2, 0.25) is 11.8 Å². The smallest absolute Gasteiger partial charge is 0.326 e. The van der Waals surface area contributed by atoms with Gasteiger partial charge in [0.1, 0.15) is 12.6 Å². The van der Waals surface area contributed by atoms with Crippen LogP contribution >= 0.6 is 0 Å². The van der Waals surface area contributed by atoms with Gasteiger partial charge >= 0.3 is 12.0 Å². The van der Waals surface area contributed by atoms with Crippen molar-refractivity contribution >= 4 is 23.8 Å². The molecule has 1 atom stereocenters. The molecule has 4 amide bonds. The summed E-state index contributed by atoms with van der Waals surface area (Å²) in [4.78, 5) is 45.9. The Bertz CT molecular complexity index is 397. The fraction of sp³-hybridized carbons (Fsp3) is 0.600. The number of amides is 4. The predicted molar refractivity (Wildman–Crippen MR) is 63.0 cm³/mol. The molecule has 1 aliphatic heterocycles. The van der Waals surface area contributed by atoms with E-state index < -0.39 is 30.4 Å². The lowest BCUT2D eigenvalue weighted by Crippen LogP contribution is -2.50. The molecule has 1 rings (SSSR count). The van der Waals surface area contributed by atoms with Gasteiger partial charge in [0.05, 0.1) is 6.42 Å². The van der Waals surface area contributed by atoms with Crippen LogP contribution in [0.15, 0.2) is 0 Å². The third-order valence-electron chi connectivity index (χ3n) is 2.55. The van der Waals surface area contributed by atoms with E-state index in [-0.39, 0.29) is 12.5 Å². The first kappa shape index (κ1) is 14.7. The third kappa shape index (κ3) is 4.82. The van der Waals surface area contributed by atoms with E-state index in [9.17, 15) is 19.2 Å². The summed E-state index contributed by atoms with van der Waals surface area (Å²) in [7, 11) is 0. The molecular weight excluding hydrogens is 256 g/mol. The summed E-state index contributed by atoms with van der Waals surface area (Å²) in [5, 5.41) is 13.6. The van der Waals surface area contributed by atoms with Crippen LogP contribution in [0.2, 0.25) is 0 Å². The van der Waals surface area contributed by atoms with Crippen LogP contribution in [0.4, 0.5) is 4.79 Å². The van der Waals surface area contributed by atoms with Gasteiger partial charge in [-0.1, -0.05) is 0 Å². The number of carboxylic acids is 1. The van der Waals surface area contributed by atoms with Gasteiger partial charge in [-0.3, -0.25) is 9.59 Å². The topological polar surface area (TPSA) is 142 Å². The minimum Gasteiger partial charge on any atom is -0.480 e. The number of carboxylic acid groups (broad SMARTS) is 1. The van der Waals surface area contributed by atoms with Gasteiger partial charge in [0.15, 0.2) is 0 Å². The van der Waals surface area contributed by atoms with Crippen LogP contribution < -0.4 is 16.4 Å². The Hall–Kier alpha value is -2.32. The molecule has 0 unspecified atom stereocenters. The van der Waals surface area contributed by atoms with E-state index in [0.717, 1.165) is 0 Å². The lowest BCUT2D eigenvalue weighted by Gasteiger charge is -2.22. The fourth-order valence-electron chi connectivity index (χ4n) is 1.62. The van der Waals surface area contributed by atoms with Crippen LogP contribution in [0.3, 0.4) is 0 Å². The Balaban J connectivity index is 2.62. The molecule has 0 aromatic rings. The van der Waals surface area contributed by atoms with Gasteiger partial charge in [-0.2, -0.15) is 0 Å². The van der Waals surface area contributed by atoms with Gasteiger partial charge in [-0.25, -0.2) is 9.59 Å². The van der Waals surface area contributed by atoms with E-state index in [1.165, 1.54) is 4.90 Å². The molecule has 1 aliphatic rings. The van der Waals surface area contributed by atoms with Crippen molar-refractivity contribution in [3.05, 3.63) is 0 Å². The van der Waals surface area contributed by atoms with E-state index in [1.54, 1.807) is 0 Å². The number of carbonyl (C=O) groups excluding carboxylic acids is 3. The maximum absolute atomic E-state index is 11.8. The lowest BCUT2D eigenvalue weighted by molar-refractivity contribution is -0.140. The first-order chi connectivity index (χ1) is 8.90. The number of aliphatic carboxylic acids is 1. The molecule has 0 aliphatic carbocycles. The zero-order valence-electron chi connectivity index (χ0n) is 10.2. The number of nitrogens with zero attached hydrogens (tertiary/aromatic N) is 1.